The van der Waals surface area contributed by atoms with Crippen molar-refractivity contribution >= 4 is 40.4 Å². The maximum absolute atomic E-state index is 12.4. The minimum absolute atomic E-state index is 0.0474. The number of nitrogens with one attached hydrogen (secondary N) is 1. The van der Waals surface area contributed by atoms with Crippen LogP contribution in [0, 0.1) is 0 Å². The number of ether oxygens (including phenoxy) is 1. The summed E-state index contributed by atoms with van der Waals surface area (Å²) in [6.45, 7) is 1.97. The van der Waals surface area contributed by atoms with Crippen molar-refractivity contribution in [1.29, 1.82) is 0 Å². The SMILES string of the molecule is O=C(Cc1csc(COc2ccc(Cl)cc2)n1)Nc1ccc(C(=O)N2CCCC2)cc1. The Morgan fingerprint density at radius 2 is 1.77 bits per heavy atom. The summed E-state index contributed by atoms with van der Waals surface area (Å²) >= 11 is 7.32. The van der Waals surface area contributed by atoms with Crippen molar-refractivity contribution in [3.05, 3.63) is 75.2 Å². The average Bonchev–Trinajstić information content (AvgIpc) is 3.46. The van der Waals surface area contributed by atoms with Crippen molar-refractivity contribution in [2.24, 2.45) is 0 Å². The Bertz CT molecular complexity index is 1040. The number of hydrogen-bond donors (Lipinski definition) is 1. The summed E-state index contributed by atoms with van der Waals surface area (Å²) in [4.78, 5) is 31.1. The van der Waals surface area contributed by atoms with Gasteiger partial charge in [0.2, 0.25) is 5.91 Å². The van der Waals surface area contributed by atoms with E-state index in [0.29, 0.717) is 34.3 Å². The number of nitrogens with zero attached hydrogens (tertiary/aromatic N) is 2. The molecule has 1 aromatic heterocycles. The van der Waals surface area contributed by atoms with Crippen molar-refractivity contribution in [1.82, 2.24) is 9.88 Å². The lowest BCUT2D eigenvalue weighted by Crippen LogP contribution is -2.27. The molecular formula is C23H22ClN3O3S. The quantitative estimate of drug-likeness (QED) is 0.555. The molecule has 1 N–H and O–H groups in total. The van der Waals surface area contributed by atoms with Crippen LogP contribution in [-0.4, -0.2) is 34.8 Å². The summed E-state index contributed by atoms with van der Waals surface area (Å²) in [6.07, 6.45) is 2.29. The van der Waals surface area contributed by atoms with E-state index in [4.69, 9.17) is 16.3 Å². The Morgan fingerprint density at radius 1 is 1.06 bits per heavy atom. The summed E-state index contributed by atoms with van der Waals surface area (Å²) in [5.41, 5.74) is 1.99. The second-order valence-electron chi connectivity index (χ2n) is 7.28. The maximum atomic E-state index is 12.4. The first-order valence-corrected chi connectivity index (χ1v) is 11.3. The lowest BCUT2D eigenvalue weighted by Gasteiger charge is -2.15. The van der Waals surface area contributed by atoms with Gasteiger partial charge in [0.05, 0.1) is 12.1 Å². The molecule has 0 atom stereocenters. The van der Waals surface area contributed by atoms with Gasteiger partial charge in [0, 0.05) is 34.7 Å². The second-order valence-corrected chi connectivity index (χ2v) is 8.66. The van der Waals surface area contributed by atoms with E-state index < -0.39 is 0 Å². The number of rotatable bonds is 7. The third-order valence-electron chi connectivity index (χ3n) is 4.93. The van der Waals surface area contributed by atoms with Gasteiger partial charge in [-0.1, -0.05) is 11.6 Å². The second kappa shape index (κ2) is 9.94. The van der Waals surface area contributed by atoms with E-state index in [9.17, 15) is 9.59 Å². The predicted molar refractivity (Wildman–Crippen MR) is 122 cm³/mol. The van der Waals surface area contributed by atoms with Crippen LogP contribution in [0.2, 0.25) is 5.02 Å². The number of hydrogen-bond acceptors (Lipinski definition) is 5. The fourth-order valence-corrected chi connectivity index (χ4v) is 4.17. The normalized spacial score (nSPS) is 13.3. The minimum atomic E-state index is -0.158. The van der Waals surface area contributed by atoms with Crippen molar-refractivity contribution in [2.45, 2.75) is 25.9 Å². The van der Waals surface area contributed by atoms with Crippen LogP contribution < -0.4 is 10.1 Å². The third-order valence-corrected chi connectivity index (χ3v) is 6.05. The molecule has 1 saturated heterocycles. The van der Waals surface area contributed by atoms with Crippen molar-refractivity contribution in [2.75, 3.05) is 18.4 Å². The smallest absolute Gasteiger partial charge is 0.253 e. The van der Waals surface area contributed by atoms with Crippen molar-refractivity contribution in [3.63, 3.8) is 0 Å². The van der Waals surface area contributed by atoms with Gasteiger partial charge < -0.3 is 15.0 Å². The van der Waals surface area contributed by atoms with E-state index in [1.165, 1.54) is 11.3 Å². The average molecular weight is 456 g/mol. The fourth-order valence-electron chi connectivity index (χ4n) is 3.34. The van der Waals surface area contributed by atoms with Gasteiger partial charge in [-0.25, -0.2) is 4.98 Å². The number of thiazole rings is 1. The van der Waals surface area contributed by atoms with E-state index in [2.05, 4.69) is 10.3 Å². The molecule has 1 fully saturated rings. The lowest BCUT2D eigenvalue weighted by molar-refractivity contribution is -0.115. The van der Waals surface area contributed by atoms with Crippen LogP contribution in [0.5, 0.6) is 5.75 Å². The summed E-state index contributed by atoms with van der Waals surface area (Å²) in [5.74, 6) is 0.603. The Hall–Kier alpha value is -2.90. The Balaban J connectivity index is 1.26. The van der Waals surface area contributed by atoms with Gasteiger partial charge in [-0.2, -0.15) is 0 Å². The van der Waals surface area contributed by atoms with Crippen LogP contribution in [0.15, 0.2) is 53.9 Å². The van der Waals surface area contributed by atoms with E-state index in [0.717, 1.165) is 30.9 Å². The highest BCUT2D eigenvalue weighted by molar-refractivity contribution is 7.09. The monoisotopic (exact) mass is 455 g/mol. The zero-order valence-corrected chi connectivity index (χ0v) is 18.4. The van der Waals surface area contributed by atoms with Crippen molar-refractivity contribution in [3.8, 4) is 5.75 Å². The molecule has 1 aliphatic rings. The molecule has 4 rings (SSSR count). The standard InChI is InChI=1S/C23H22ClN3O3S/c24-17-5-9-20(10-6-17)30-14-22-26-19(15-31-22)13-21(28)25-18-7-3-16(4-8-18)23(29)27-11-1-2-12-27/h3-10,15H,1-2,11-14H2,(H,25,28). The number of amides is 2. The number of anilines is 1. The zero-order valence-electron chi connectivity index (χ0n) is 16.8. The van der Waals surface area contributed by atoms with Crippen LogP contribution in [0.4, 0.5) is 5.69 Å². The van der Waals surface area contributed by atoms with Crippen LogP contribution in [-0.2, 0) is 17.8 Å². The molecule has 160 valence electrons. The van der Waals surface area contributed by atoms with Crippen molar-refractivity contribution < 1.29 is 14.3 Å². The molecule has 8 heteroatoms. The molecule has 0 saturated carbocycles. The predicted octanol–water partition coefficient (Wildman–Crippen LogP) is 4.79. The Kier molecular flexibility index (Phi) is 6.84. The highest BCUT2D eigenvalue weighted by atomic mass is 35.5. The Labute approximate surface area is 189 Å². The molecule has 1 aliphatic heterocycles. The largest absolute Gasteiger partial charge is 0.486 e. The highest BCUT2D eigenvalue weighted by Gasteiger charge is 2.19. The van der Waals surface area contributed by atoms with Gasteiger partial charge >= 0.3 is 0 Å². The molecule has 3 aromatic rings. The summed E-state index contributed by atoms with van der Waals surface area (Å²) < 4.78 is 5.69. The molecular weight excluding hydrogens is 434 g/mol. The van der Waals surface area contributed by atoms with Crippen LogP contribution >= 0.6 is 22.9 Å². The first-order chi connectivity index (χ1) is 15.1. The molecule has 31 heavy (non-hydrogen) atoms. The van der Waals surface area contributed by atoms with Crippen LogP contribution in [0.3, 0.4) is 0 Å². The van der Waals surface area contributed by atoms with Gasteiger partial charge in [-0.15, -0.1) is 11.3 Å². The number of halogens is 1. The van der Waals surface area contributed by atoms with Gasteiger partial charge in [0.25, 0.3) is 5.91 Å². The number of carbonyl (C=O) groups excluding carboxylic acids is 2. The Morgan fingerprint density at radius 3 is 2.48 bits per heavy atom. The molecule has 0 radical (unpaired) electrons. The molecule has 0 unspecified atom stereocenters. The summed E-state index contributed by atoms with van der Waals surface area (Å²) in [6, 6.07) is 14.2. The number of benzene rings is 2. The summed E-state index contributed by atoms with van der Waals surface area (Å²) in [5, 5.41) is 6.16. The molecule has 0 aliphatic carbocycles. The van der Waals surface area contributed by atoms with E-state index >= 15 is 0 Å². The minimum Gasteiger partial charge on any atom is -0.486 e. The topological polar surface area (TPSA) is 71.5 Å². The van der Waals surface area contributed by atoms with Gasteiger partial charge in [-0.05, 0) is 61.4 Å². The first kappa shape index (κ1) is 21.3. The van der Waals surface area contributed by atoms with Gasteiger partial charge in [0.15, 0.2) is 0 Å². The van der Waals surface area contributed by atoms with Gasteiger partial charge in [-0.3, -0.25) is 9.59 Å². The third kappa shape index (κ3) is 5.83. The number of aromatic nitrogens is 1. The van der Waals surface area contributed by atoms with Crippen LogP contribution in [0.25, 0.3) is 0 Å². The fraction of sp³-hybridized carbons (Fsp3) is 0.261. The molecule has 6 nitrogen and oxygen atoms in total. The maximum Gasteiger partial charge on any atom is 0.253 e. The molecule has 2 heterocycles. The molecule has 2 amide bonds. The van der Waals surface area contributed by atoms with E-state index in [-0.39, 0.29) is 18.2 Å². The zero-order chi connectivity index (χ0) is 21.6. The molecule has 2 aromatic carbocycles. The van der Waals surface area contributed by atoms with E-state index in [1.807, 2.05) is 10.3 Å². The van der Waals surface area contributed by atoms with Crippen LogP contribution in [0.1, 0.15) is 33.9 Å². The lowest BCUT2D eigenvalue weighted by atomic mass is 10.2. The number of carbonyl (C=O) groups is 2. The molecule has 0 spiro atoms. The summed E-state index contributed by atoms with van der Waals surface area (Å²) in [7, 11) is 0. The molecule has 0 bridgehead atoms. The number of likely N-dealkylation sites (tertiary alicyclic amines) is 1. The highest BCUT2D eigenvalue weighted by Crippen LogP contribution is 2.19. The van der Waals surface area contributed by atoms with Gasteiger partial charge in [0.1, 0.15) is 17.4 Å². The van der Waals surface area contributed by atoms with E-state index in [1.54, 1.807) is 48.5 Å². The first-order valence-electron chi connectivity index (χ1n) is 10.1.